The average molecular weight is 188 g/mol. The van der Waals surface area contributed by atoms with Crippen LogP contribution < -0.4 is 0 Å². The van der Waals surface area contributed by atoms with Crippen molar-refractivity contribution in [2.45, 2.75) is 32.8 Å². The molecule has 0 aliphatic heterocycles. The molecule has 0 bridgehead atoms. The molecule has 13 heavy (non-hydrogen) atoms. The lowest BCUT2D eigenvalue weighted by molar-refractivity contribution is -0.153. The molecule has 1 unspecified atom stereocenters. The van der Waals surface area contributed by atoms with Gasteiger partial charge in [0.25, 0.3) is 0 Å². The third kappa shape index (κ3) is 3.55. The Morgan fingerprint density at radius 1 is 1.62 bits per heavy atom. The van der Waals surface area contributed by atoms with Gasteiger partial charge in [-0.3, -0.25) is 4.79 Å². The summed E-state index contributed by atoms with van der Waals surface area (Å²) in [7, 11) is 0. The number of aldehydes is 1. The highest BCUT2D eigenvalue weighted by molar-refractivity contribution is 5.77. The first kappa shape index (κ1) is 12.1. The molecule has 0 saturated heterocycles. The minimum atomic E-state index is -1.59. The van der Waals surface area contributed by atoms with Crippen LogP contribution in [0.15, 0.2) is 0 Å². The van der Waals surface area contributed by atoms with Gasteiger partial charge in [0, 0.05) is 0 Å². The van der Waals surface area contributed by atoms with E-state index in [1.807, 2.05) is 0 Å². The van der Waals surface area contributed by atoms with E-state index in [9.17, 15) is 14.7 Å². The molecule has 0 heterocycles. The standard InChI is InChI=1S/C9H16O4/c1-4-13-8(11)5-9(12,6-10)7(2)3/h6-7,12H,4-5H2,1-3H3. The van der Waals surface area contributed by atoms with Crippen LogP contribution in [0.2, 0.25) is 0 Å². The number of hydrogen-bond acceptors (Lipinski definition) is 4. The maximum Gasteiger partial charge on any atom is 0.309 e. The molecule has 0 rings (SSSR count). The molecule has 0 aromatic rings. The van der Waals surface area contributed by atoms with Gasteiger partial charge in [0.2, 0.25) is 0 Å². The quantitative estimate of drug-likeness (QED) is 0.505. The van der Waals surface area contributed by atoms with Crippen LogP contribution >= 0.6 is 0 Å². The van der Waals surface area contributed by atoms with Crippen molar-refractivity contribution in [1.82, 2.24) is 0 Å². The molecule has 4 heteroatoms. The molecular weight excluding hydrogens is 172 g/mol. The summed E-state index contributed by atoms with van der Waals surface area (Å²) >= 11 is 0. The lowest BCUT2D eigenvalue weighted by Gasteiger charge is -2.24. The molecular formula is C9H16O4. The van der Waals surface area contributed by atoms with E-state index in [2.05, 4.69) is 4.74 Å². The lowest BCUT2D eigenvalue weighted by atomic mass is 9.89. The van der Waals surface area contributed by atoms with Crippen LogP contribution in [-0.2, 0) is 14.3 Å². The molecule has 0 radical (unpaired) electrons. The number of aliphatic hydroxyl groups is 1. The predicted octanol–water partition coefficient (Wildman–Crippen LogP) is 0.526. The Hall–Kier alpha value is -0.900. The van der Waals surface area contributed by atoms with Crippen molar-refractivity contribution < 1.29 is 19.4 Å². The zero-order valence-electron chi connectivity index (χ0n) is 8.24. The SMILES string of the molecule is CCOC(=O)CC(O)(C=O)C(C)C. The summed E-state index contributed by atoms with van der Waals surface area (Å²) in [5, 5.41) is 9.63. The fourth-order valence-corrected chi connectivity index (χ4v) is 0.825. The molecule has 76 valence electrons. The van der Waals surface area contributed by atoms with Gasteiger partial charge in [-0.25, -0.2) is 0 Å². The Bertz CT molecular complexity index is 188. The second-order valence-corrected chi connectivity index (χ2v) is 3.25. The van der Waals surface area contributed by atoms with E-state index in [4.69, 9.17) is 0 Å². The summed E-state index contributed by atoms with van der Waals surface area (Å²) in [5.41, 5.74) is -1.59. The van der Waals surface area contributed by atoms with Crippen molar-refractivity contribution in [3.8, 4) is 0 Å². The van der Waals surface area contributed by atoms with Crippen molar-refractivity contribution in [2.75, 3.05) is 6.61 Å². The van der Waals surface area contributed by atoms with Crippen molar-refractivity contribution in [3.63, 3.8) is 0 Å². The lowest BCUT2D eigenvalue weighted by Crippen LogP contribution is -2.39. The van der Waals surface area contributed by atoms with Crippen molar-refractivity contribution >= 4 is 12.3 Å². The second kappa shape index (κ2) is 4.97. The zero-order chi connectivity index (χ0) is 10.5. The fraction of sp³-hybridized carbons (Fsp3) is 0.778. The number of ether oxygens (including phenoxy) is 1. The largest absolute Gasteiger partial charge is 0.466 e. The number of carbonyl (C=O) groups is 2. The summed E-state index contributed by atoms with van der Waals surface area (Å²) < 4.78 is 4.63. The van der Waals surface area contributed by atoms with E-state index < -0.39 is 11.6 Å². The maximum atomic E-state index is 11.0. The molecule has 0 aliphatic rings. The molecule has 0 aromatic carbocycles. The Morgan fingerprint density at radius 3 is 2.46 bits per heavy atom. The molecule has 0 spiro atoms. The summed E-state index contributed by atoms with van der Waals surface area (Å²) in [6.07, 6.45) is 0.122. The molecule has 1 N–H and O–H groups in total. The number of esters is 1. The van der Waals surface area contributed by atoms with Crippen molar-refractivity contribution in [2.24, 2.45) is 5.92 Å². The minimum Gasteiger partial charge on any atom is -0.466 e. The Morgan fingerprint density at radius 2 is 2.15 bits per heavy atom. The second-order valence-electron chi connectivity index (χ2n) is 3.25. The van der Waals surface area contributed by atoms with Crippen LogP contribution in [0, 0.1) is 5.92 Å². The summed E-state index contributed by atoms with van der Waals surface area (Å²) in [5.74, 6) is -0.847. The number of carbonyl (C=O) groups excluding carboxylic acids is 2. The van der Waals surface area contributed by atoms with Crippen LogP contribution in [-0.4, -0.2) is 29.6 Å². The van der Waals surface area contributed by atoms with Gasteiger partial charge >= 0.3 is 5.97 Å². The van der Waals surface area contributed by atoms with E-state index in [0.717, 1.165) is 0 Å². The highest BCUT2D eigenvalue weighted by atomic mass is 16.5. The third-order valence-electron chi connectivity index (χ3n) is 1.94. The highest BCUT2D eigenvalue weighted by Gasteiger charge is 2.33. The highest BCUT2D eigenvalue weighted by Crippen LogP contribution is 2.18. The van der Waals surface area contributed by atoms with Gasteiger partial charge in [-0.05, 0) is 12.8 Å². The summed E-state index contributed by atoms with van der Waals surface area (Å²) in [4.78, 5) is 21.5. The van der Waals surface area contributed by atoms with E-state index >= 15 is 0 Å². The molecule has 0 saturated carbocycles. The van der Waals surface area contributed by atoms with Crippen LogP contribution in [0.5, 0.6) is 0 Å². The normalized spacial score (nSPS) is 15.2. The Labute approximate surface area is 77.9 Å². The molecule has 0 amide bonds. The van der Waals surface area contributed by atoms with Crippen LogP contribution in [0.25, 0.3) is 0 Å². The Balaban J connectivity index is 4.27. The van der Waals surface area contributed by atoms with Gasteiger partial charge in [-0.15, -0.1) is 0 Å². The zero-order valence-corrected chi connectivity index (χ0v) is 8.24. The topological polar surface area (TPSA) is 63.6 Å². The fourth-order valence-electron chi connectivity index (χ4n) is 0.825. The van der Waals surface area contributed by atoms with Crippen LogP contribution in [0.3, 0.4) is 0 Å². The van der Waals surface area contributed by atoms with Gasteiger partial charge in [0.05, 0.1) is 13.0 Å². The van der Waals surface area contributed by atoms with E-state index in [-0.39, 0.29) is 18.9 Å². The van der Waals surface area contributed by atoms with Crippen molar-refractivity contribution in [3.05, 3.63) is 0 Å². The predicted molar refractivity (Wildman–Crippen MR) is 47.1 cm³/mol. The maximum absolute atomic E-state index is 11.0. The van der Waals surface area contributed by atoms with E-state index in [1.54, 1.807) is 20.8 Å². The molecule has 0 fully saturated rings. The van der Waals surface area contributed by atoms with Gasteiger partial charge < -0.3 is 14.6 Å². The summed E-state index contributed by atoms with van der Waals surface area (Å²) in [6.45, 7) is 5.28. The van der Waals surface area contributed by atoms with Gasteiger partial charge in [0.1, 0.15) is 5.60 Å². The average Bonchev–Trinajstić information content (AvgIpc) is 2.04. The van der Waals surface area contributed by atoms with Crippen LogP contribution in [0.1, 0.15) is 27.2 Å². The molecule has 4 nitrogen and oxygen atoms in total. The summed E-state index contributed by atoms with van der Waals surface area (Å²) in [6, 6.07) is 0. The molecule has 1 atom stereocenters. The van der Waals surface area contributed by atoms with Gasteiger partial charge in [-0.1, -0.05) is 13.8 Å². The van der Waals surface area contributed by atoms with E-state index in [1.165, 1.54) is 0 Å². The van der Waals surface area contributed by atoms with Crippen LogP contribution in [0.4, 0.5) is 0 Å². The number of rotatable bonds is 5. The third-order valence-corrected chi connectivity index (χ3v) is 1.94. The smallest absolute Gasteiger partial charge is 0.309 e. The monoisotopic (exact) mass is 188 g/mol. The van der Waals surface area contributed by atoms with Gasteiger partial charge in [0.15, 0.2) is 6.29 Å². The molecule has 0 aliphatic carbocycles. The molecule has 0 aromatic heterocycles. The van der Waals surface area contributed by atoms with E-state index in [0.29, 0.717) is 6.29 Å². The Kier molecular flexibility index (Phi) is 4.62. The first-order valence-electron chi connectivity index (χ1n) is 4.30. The first-order chi connectivity index (χ1) is 5.96. The minimum absolute atomic E-state index is 0.256. The number of hydrogen-bond donors (Lipinski definition) is 1. The van der Waals surface area contributed by atoms with Crippen molar-refractivity contribution in [1.29, 1.82) is 0 Å². The first-order valence-corrected chi connectivity index (χ1v) is 4.30. The van der Waals surface area contributed by atoms with Gasteiger partial charge in [-0.2, -0.15) is 0 Å².